The van der Waals surface area contributed by atoms with E-state index in [1.165, 1.54) is 32.2 Å². The molecule has 1 aromatic heterocycles. The van der Waals surface area contributed by atoms with Crippen molar-refractivity contribution in [3.8, 4) is 40.1 Å². The van der Waals surface area contributed by atoms with Crippen LogP contribution in [0.3, 0.4) is 0 Å². The fraction of sp³-hybridized carbons (Fsp3) is 0.152. The summed E-state index contributed by atoms with van der Waals surface area (Å²) in [6, 6.07) is 21.7. The Labute approximate surface area is 258 Å². The molecule has 0 saturated heterocycles. The number of halogens is 1. The Bertz CT molecular complexity index is 1900. The van der Waals surface area contributed by atoms with Crippen molar-refractivity contribution in [2.75, 3.05) is 27.9 Å². The average Bonchev–Trinajstić information content (AvgIpc) is 3.04. The summed E-state index contributed by atoms with van der Waals surface area (Å²) in [5.74, 6) is 1.43. The number of nitrogens with zero attached hydrogens (tertiary/aromatic N) is 3. The number of rotatable bonds is 10. The number of carbonyl (C=O) groups is 1. The van der Waals surface area contributed by atoms with Crippen LogP contribution in [0.5, 0.6) is 28.7 Å². The highest BCUT2D eigenvalue weighted by molar-refractivity contribution is 6.30. The first kappa shape index (κ1) is 30.1. The largest absolute Gasteiger partial charge is 0.493 e. The summed E-state index contributed by atoms with van der Waals surface area (Å²) < 4.78 is 29.1. The normalized spacial score (nSPS) is 11.0. The SMILES string of the molecule is CCOc1cc(/C=N/n2c(-c3cc(OC)c(OC)c(OC)c3)nc3ccccc3c2=O)ccc1OC(=O)c1ccc(Cl)cc1. The highest BCUT2D eigenvalue weighted by atomic mass is 35.5. The van der Waals surface area contributed by atoms with Crippen LogP contribution in [0.2, 0.25) is 5.02 Å². The van der Waals surface area contributed by atoms with E-state index >= 15 is 0 Å². The van der Waals surface area contributed by atoms with Gasteiger partial charge in [0.2, 0.25) is 5.75 Å². The van der Waals surface area contributed by atoms with Crippen LogP contribution in [-0.2, 0) is 0 Å². The number of fused-ring (bicyclic) bond motifs is 1. The molecule has 0 unspecified atom stereocenters. The van der Waals surface area contributed by atoms with Gasteiger partial charge in [-0.3, -0.25) is 4.79 Å². The molecule has 11 heteroatoms. The molecular weight excluding hydrogens is 586 g/mol. The van der Waals surface area contributed by atoms with Crippen LogP contribution in [0.15, 0.2) is 88.8 Å². The predicted molar refractivity (Wildman–Crippen MR) is 168 cm³/mol. The number of esters is 1. The van der Waals surface area contributed by atoms with Crippen LogP contribution in [0.1, 0.15) is 22.8 Å². The second kappa shape index (κ2) is 13.3. The lowest BCUT2D eigenvalue weighted by atomic mass is 10.1. The third-order valence-corrected chi connectivity index (χ3v) is 6.80. The van der Waals surface area contributed by atoms with Gasteiger partial charge in [0, 0.05) is 10.6 Å². The molecule has 0 aliphatic rings. The predicted octanol–water partition coefficient (Wildman–Crippen LogP) is 6.24. The minimum atomic E-state index is -0.562. The lowest BCUT2D eigenvalue weighted by molar-refractivity contribution is 0.0728. The molecule has 0 N–H and O–H groups in total. The van der Waals surface area contributed by atoms with Gasteiger partial charge < -0.3 is 23.7 Å². The number of methoxy groups -OCH3 is 3. The second-order valence-electron chi connectivity index (χ2n) is 9.26. The summed E-state index contributed by atoms with van der Waals surface area (Å²) in [7, 11) is 4.52. The molecule has 0 spiro atoms. The zero-order valence-electron chi connectivity index (χ0n) is 24.4. The van der Waals surface area contributed by atoms with Gasteiger partial charge in [-0.2, -0.15) is 9.78 Å². The van der Waals surface area contributed by atoms with Crippen LogP contribution in [-0.4, -0.2) is 49.8 Å². The van der Waals surface area contributed by atoms with Gasteiger partial charge >= 0.3 is 5.97 Å². The maximum Gasteiger partial charge on any atom is 0.343 e. The molecule has 0 fully saturated rings. The van der Waals surface area contributed by atoms with Crippen LogP contribution in [0, 0.1) is 0 Å². The molecule has 5 aromatic rings. The van der Waals surface area contributed by atoms with E-state index in [1.807, 2.05) is 6.92 Å². The maximum atomic E-state index is 13.7. The molecule has 0 atom stereocenters. The summed E-state index contributed by atoms with van der Waals surface area (Å²) in [6.07, 6.45) is 1.49. The van der Waals surface area contributed by atoms with Gasteiger partial charge in [-0.15, -0.1) is 0 Å². The quantitative estimate of drug-likeness (QED) is 0.103. The van der Waals surface area contributed by atoms with Crippen molar-refractivity contribution in [1.82, 2.24) is 9.66 Å². The van der Waals surface area contributed by atoms with Gasteiger partial charge in [0.05, 0.1) is 50.6 Å². The summed E-state index contributed by atoms with van der Waals surface area (Å²) >= 11 is 5.93. The molecule has 0 saturated carbocycles. The fourth-order valence-corrected chi connectivity index (χ4v) is 4.58. The Balaban J connectivity index is 1.57. The monoisotopic (exact) mass is 613 g/mol. The van der Waals surface area contributed by atoms with E-state index in [0.717, 1.165) is 0 Å². The van der Waals surface area contributed by atoms with E-state index < -0.39 is 5.97 Å². The van der Waals surface area contributed by atoms with Crippen LogP contribution < -0.4 is 29.2 Å². The van der Waals surface area contributed by atoms with E-state index in [4.69, 9.17) is 40.3 Å². The third-order valence-electron chi connectivity index (χ3n) is 6.55. The van der Waals surface area contributed by atoms with E-state index in [0.29, 0.717) is 62.2 Å². The van der Waals surface area contributed by atoms with Crippen molar-refractivity contribution in [2.45, 2.75) is 6.92 Å². The zero-order chi connectivity index (χ0) is 31.2. The van der Waals surface area contributed by atoms with Crippen molar-refractivity contribution >= 4 is 34.7 Å². The van der Waals surface area contributed by atoms with Gasteiger partial charge in [-0.25, -0.2) is 9.78 Å². The molecule has 0 aliphatic carbocycles. The standard InChI is InChI=1S/C33H28ClN3O7/c1-5-43-27-16-20(10-15-26(27)44-33(39)21-11-13-23(34)14-12-21)19-35-37-31(36-25-9-7-6-8-24(25)32(37)38)22-17-28(40-2)30(42-4)29(18-22)41-3/h6-19H,5H2,1-4H3/b35-19+. The number of carbonyl (C=O) groups excluding carboxylic acids is 1. The summed E-state index contributed by atoms with van der Waals surface area (Å²) in [5.41, 5.74) is 1.55. The topological polar surface area (TPSA) is 110 Å². The number of ether oxygens (including phenoxy) is 5. The van der Waals surface area contributed by atoms with Gasteiger partial charge in [0.1, 0.15) is 0 Å². The van der Waals surface area contributed by atoms with Gasteiger partial charge in [0.15, 0.2) is 28.8 Å². The highest BCUT2D eigenvalue weighted by Crippen LogP contribution is 2.41. The number of benzene rings is 4. The van der Waals surface area contributed by atoms with E-state index in [2.05, 4.69) is 5.10 Å². The molecule has 0 radical (unpaired) electrons. The van der Waals surface area contributed by atoms with Crippen molar-refractivity contribution in [3.63, 3.8) is 0 Å². The Hall–Kier alpha value is -5.35. The molecule has 44 heavy (non-hydrogen) atoms. The van der Waals surface area contributed by atoms with Crippen molar-refractivity contribution < 1.29 is 28.5 Å². The lowest BCUT2D eigenvalue weighted by Gasteiger charge is -2.15. The first-order valence-electron chi connectivity index (χ1n) is 13.5. The zero-order valence-corrected chi connectivity index (χ0v) is 25.1. The minimum Gasteiger partial charge on any atom is -0.493 e. The summed E-state index contributed by atoms with van der Waals surface area (Å²) in [6.45, 7) is 2.14. The number of para-hydroxylation sites is 1. The van der Waals surface area contributed by atoms with Crippen molar-refractivity contribution in [3.05, 3.63) is 105 Å². The molecule has 10 nitrogen and oxygen atoms in total. The highest BCUT2D eigenvalue weighted by Gasteiger charge is 2.19. The number of aromatic nitrogens is 2. The Morgan fingerprint density at radius 2 is 1.59 bits per heavy atom. The number of hydrogen-bond donors (Lipinski definition) is 0. The smallest absolute Gasteiger partial charge is 0.343 e. The molecule has 0 aliphatic heterocycles. The number of hydrogen-bond acceptors (Lipinski definition) is 9. The minimum absolute atomic E-state index is 0.228. The maximum absolute atomic E-state index is 13.7. The molecular formula is C33H28ClN3O7. The second-order valence-corrected chi connectivity index (χ2v) is 9.70. The molecule has 4 aromatic carbocycles. The van der Waals surface area contributed by atoms with Gasteiger partial charge in [-0.1, -0.05) is 23.7 Å². The lowest BCUT2D eigenvalue weighted by Crippen LogP contribution is -2.20. The first-order chi connectivity index (χ1) is 21.4. The van der Waals surface area contributed by atoms with Gasteiger partial charge in [-0.05, 0) is 79.2 Å². The van der Waals surface area contributed by atoms with E-state index in [9.17, 15) is 9.59 Å². The first-order valence-corrected chi connectivity index (χ1v) is 13.9. The van der Waals surface area contributed by atoms with Crippen LogP contribution in [0.25, 0.3) is 22.3 Å². The Morgan fingerprint density at radius 3 is 2.25 bits per heavy atom. The fourth-order valence-electron chi connectivity index (χ4n) is 4.45. The molecule has 0 amide bonds. The molecule has 224 valence electrons. The summed E-state index contributed by atoms with van der Waals surface area (Å²) in [5, 5.41) is 5.43. The Kier molecular flexibility index (Phi) is 9.11. The molecule has 5 rings (SSSR count). The van der Waals surface area contributed by atoms with Crippen LogP contribution in [0.4, 0.5) is 0 Å². The average molecular weight is 614 g/mol. The van der Waals surface area contributed by atoms with E-state index in [1.54, 1.807) is 78.9 Å². The van der Waals surface area contributed by atoms with Crippen LogP contribution >= 0.6 is 11.6 Å². The third kappa shape index (κ3) is 6.20. The molecule has 1 heterocycles. The Morgan fingerprint density at radius 1 is 0.886 bits per heavy atom. The van der Waals surface area contributed by atoms with Crippen molar-refractivity contribution in [2.24, 2.45) is 5.10 Å². The van der Waals surface area contributed by atoms with Gasteiger partial charge in [0.25, 0.3) is 5.56 Å². The van der Waals surface area contributed by atoms with Crippen molar-refractivity contribution in [1.29, 1.82) is 0 Å². The van der Waals surface area contributed by atoms with E-state index in [-0.39, 0.29) is 17.1 Å². The summed E-state index contributed by atoms with van der Waals surface area (Å²) in [4.78, 5) is 31.2. The molecule has 0 bridgehead atoms.